The van der Waals surface area contributed by atoms with Crippen molar-refractivity contribution in [2.24, 2.45) is 0 Å². The molecule has 32 valence electrons. The number of rotatable bonds is 0. The number of phosphoric acid groups is 1. The Hall–Kier alpha value is 2.81. The monoisotopic (exact) mass is 214 g/mol. The van der Waals surface area contributed by atoms with Gasteiger partial charge in [-0.05, 0) is 0 Å². The molecule has 0 aliphatic carbocycles. The van der Waals surface area contributed by atoms with Crippen LogP contribution in [0.3, 0.4) is 0 Å². The van der Waals surface area contributed by atoms with E-state index in [1.54, 1.807) is 0 Å². The Morgan fingerprint density at radius 2 is 1.12 bits per heavy atom. The van der Waals surface area contributed by atoms with E-state index in [0.717, 1.165) is 0 Å². The molecule has 0 aromatic heterocycles. The van der Waals surface area contributed by atoms with Crippen molar-refractivity contribution < 1.29 is 100 Å². The Morgan fingerprint density at radius 3 is 1.12 bits per heavy atom. The van der Waals surface area contributed by atoms with Crippen molar-refractivity contribution in [1.82, 2.24) is 0 Å². The summed E-state index contributed by atoms with van der Waals surface area (Å²) in [5, 5.41) is 0. The summed E-state index contributed by atoms with van der Waals surface area (Å²) in [6.45, 7) is 0. The molecule has 8 heavy (non-hydrogen) atoms. The smallest absolute Gasteiger partial charge is 0.822 e. The van der Waals surface area contributed by atoms with Gasteiger partial charge >= 0.3 is 81.1 Å². The van der Waals surface area contributed by atoms with Gasteiger partial charge in [0.05, 0.1) is 0 Å². The molecule has 8 heteroatoms. The van der Waals surface area contributed by atoms with Gasteiger partial charge in [-0.15, -0.1) is 0 Å². The molecule has 0 heterocycles. The first-order valence-electron chi connectivity index (χ1n) is 0.730. The minimum atomic E-state index is -5.39. The van der Waals surface area contributed by atoms with Crippen molar-refractivity contribution in [2.75, 3.05) is 0 Å². The maximum absolute atomic E-state index is 8.55. The average molecular weight is 214 g/mol. The van der Waals surface area contributed by atoms with Crippen molar-refractivity contribution >= 4 is 7.82 Å². The van der Waals surface area contributed by atoms with E-state index in [-0.39, 0.29) is 81.1 Å². The predicted molar refractivity (Wildman–Crippen MR) is 7.61 cm³/mol. The molecule has 0 atom stereocenters. The van der Waals surface area contributed by atoms with Gasteiger partial charge < -0.3 is 19.2 Å². The topological polar surface area (TPSA) is 86.2 Å². The molecule has 0 radical (unpaired) electrons. The summed E-state index contributed by atoms with van der Waals surface area (Å²) in [6, 6.07) is 0. The summed E-state index contributed by atoms with van der Waals surface area (Å²) in [5.74, 6) is 0. The largest absolute Gasteiger partial charge is 3.00 e. The second-order valence-corrected chi connectivity index (χ2v) is 1.34. The normalized spacial score (nSPS) is 7.38. The molecule has 0 aliphatic heterocycles. The molecule has 0 aromatic rings. The molecular formula is LiNaO4PY+2. The van der Waals surface area contributed by atoms with Gasteiger partial charge in [-0.3, -0.25) is 0 Å². The van der Waals surface area contributed by atoms with Crippen LogP contribution in [0.5, 0.6) is 0 Å². The van der Waals surface area contributed by atoms with E-state index in [1.165, 1.54) is 0 Å². The standard InChI is InChI=1S/Li.Na.H3O4P.Y/c;;1-5(2,3)4;/h;;(H3,1,2,3,4);/q2*+1;;+3/p-3. The fraction of sp³-hybridized carbons (Fsp3) is 0. The SMILES string of the molecule is O=P([O-])([O-])[O-].[Li+].[Na+].[Y+3]. The Balaban J connectivity index is -0.0000000267. The summed E-state index contributed by atoms with van der Waals surface area (Å²) >= 11 is 0. The summed E-state index contributed by atoms with van der Waals surface area (Å²) in [6.07, 6.45) is 0. The van der Waals surface area contributed by atoms with Crippen LogP contribution >= 0.6 is 7.82 Å². The van der Waals surface area contributed by atoms with E-state index in [0.29, 0.717) is 0 Å². The second-order valence-electron chi connectivity index (χ2n) is 0.447. The van der Waals surface area contributed by atoms with Crippen molar-refractivity contribution in [3.05, 3.63) is 0 Å². The van der Waals surface area contributed by atoms with Crippen LogP contribution in [0.25, 0.3) is 0 Å². The Kier molecular flexibility index (Phi) is 27.5. The molecule has 0 N–H and O–H groups in total. The maximum Gasteiger partial charge on any atom is 3.00 e. The third-order valence-electron chi connectivity index (χ3n) is 0. The van der Waals surface area contributed by atoms with Crippen LogP contribution in [-0.2, 0) is 37.3 Å². The molecule has 0 spiro atoms. The molecular weight excluding hydrogens is 214 g/mol. The van der Waals surface area contributed by atoms with Crippen LogP contribution in [0.15, 0.2) is 0 Å². The van der Waals surface area contributed by atoms with E-state index in [9.17, 15) is 0 Å². The van der Waals surface area contributed by atoms with E-state index in [4.69, 9.17) is 19.2 Å². The van der Waals surface area contributed by atoms with Crippen LogP contribution in [0.1, 0.15) is 0 Å². The number of hydrogen-bond acceptors (Lipinski definition) is 4. The first-order chi connectivity index (χ1) is 2.00. The average Bonchev–Trinajstić information content (AvgIpc) is 0.722. The van der Waals surface area contributed by atoms with Gasteiger partial charge in [0, 0.05) is 0 Å². The fourth-order valence-electron chi connectivity index (χ4n) is 0. The first-order valence-corrected chi connectivity index (χ1v) is 2.19. The first kappa shape index (κ1) is 22.4. The molecule has 0 saturated carbocycles. The van der Waals surface area contributed by atoms with Crippen molar-refractivity contribution in [1.29, 1.82) is 0 Å². The number of hydrogen-bond donors (Lipinski definition) is 0. The third kappa shape index (κ3) is 68.0. The Morgan fingerprint density at radius 1 is 1.12 bits per heavy atom. The van der Waals surface area contributed by atoms with Crippen LogP contribution in [0.4, 0.5) is 0 Å². The molecule has 0 aliphatic rings. The maximum atomic E-state index is 8.55. The van der Waals surface area contributed by atoms with Crippen molar-refractivity contribution in [3.63, 3.8) is 0 Å². The van der Waals surface area contributed by atoms with Gasteiger partial charge in [-0.25, -0.2) is 0 Å². The van der Waals surface area contributed by atoms with Crippen LogP contribution < -0.4 is 63.1 Å². The van der Waals surface area contributed by atoms with E-state index < -0.39 is 7.82 Å². The van der Waals surface area contributed by atoms with Crippen LogP contribution in [0.2, 0.25) is 0 Å². The van der Waals surface area contributed by atoms with Crippen LogP contribution in [0, 0.1) is 0 Å². The zero-order chi connectivity index (χ0) is 4.50. The molecule has 0 unspecified atom stereocenters. The minimum absolute atomic E-state index is 0. The summed E-state index contributed by atoms with van der Waals surface area (Å²) in [5.41, 5.74) is 0. The minimum Gasteiger partial charge on any atom is -0.822 e. The zero-order valence-corrected chi connectivity index (χ0v) is 10.4. The van der Waals surface area contributed by atoms with Gasteiger partial charge in [0.2, 0.25) is 0 Å². The summed E-state index contributed by atoms with van der Waals surface area (Å²) in [7, 11) is -5.39. The second kappa shape index (κ2) is 9.81. The van der Waals surface area contributed by atoms with E-state index >= 15 is 0 Å². The third-order valence-corrected chi connectivity index (χ3v) is 0. The Labute approximate surface area is 106 Å². The quantitative estimate of drug-likeness (QED) is 0.296. The van der Waals surface area contributed by atoms with E-state index in [1.807, 2.05) is 0 Å². The molecule has 0 saturated heterocycles. The zero-order valence-electron chi connectivity index (χ0n) is 4.66. The van der Waals surface area contributed by atoms with Gasteiger partial charge in [0.15, 0.2) is 0 Å². The molecule has 0 aromatic carbocycles. The van der Waals surface area contributed by atoms with E-state index in [2.05, 4.69) is 0 Å². The molecule has 0 fully saturated rings. The summed E-state index contributed by atoms with van der Waals surface area (Å²) in [4.78, 5) is 25.6. The fourth-order valence-corrected chi connectivity index (χ4v) is 0. The van der Waals surface area contributed by atoms with Gasteiger partial charge in [0.1, 0.15) is 0 Å². The molecule has 0 rings (SSSR count). The Bertz CT molecular complexity index is 62.2. The molecule has 4 nitrogen and oxygen atoms in total. The molecule has 0 bridgehead atoms. The van der Waals surface area contributed by atoms with Crippen molar-refractivity contribution in [2.45, 2.75) is 0 Å². The molecule has 0 amide bonds. The van der Waals surface area contributed by atoms with Crippen LogP contribution in [-0.4, -0.2) is 0 Å². The van der Waals surface area contributed by atoms with Gasteiger partial charge in [-0.2, -0.15) is 7.82 Å². The van der Waals surface area contributed by atoms with Gasteiger partial charge in [-0.1, -0.05) is 0 Å². The predicted octanol–water partition coefficient (Wildman–Crippen LogP) is -8.82. The van der Waals surface area contributed by atoms with Gasteiger partial charge in [0.25, 0.3) is 0 Å². The van der Waals surface area contributed by atoms with Crippen molar-refractivity contribution in [3.8, 4) is 0 Å². The summed E-state index contributed by atoms with van der Waals surface area (Å²) < 4.78 is 8.55.